The number of carbonyl (C=O) groups is 1. The Balaban J connectivity index is 3.04. The molecule has 0 fully saturated rings. The summed E-state index contributed by atoms with van der Waals surface area (Å²) in [4.78, 5) is 21.1. The number of esters is 1. The van der Waals surface area contributed by atoms with Crippen LogP contribution < -0.4 is 5.73 Å². The SMILES string of the molecule is CCOC(=O)C(F)[C@@H](N)c1cc([N+](=O)[O-])ccc1O. The van der Waals surface area contributed by atoms with Gasteiger partial charge in [0.15, 0.2) is 0 Å². The van der Waals surface area contributed by atoms with Gasteiger partial charge in [0.1, 0.15) is 5.75 Å². The van der Waals surface area contributed by atoms with Crippen LogP contribution in [0.5, 0.6) is 5.75 Å². The molecule has 1 unspecified atom stereocenters. The Morgan fingerprint density at radius 3 is 2.79 bits per heavy atom. The Morgan fingerprint density at radius 2 is 2.26 bits per heavy atom. The predicted molar refractivity (Wildman–Crippen MR) is 63.2 cm³/mol. The number of carbonyl (C=O) groups excluding carboxylic acids is 1. The molecule has 1 aromatic carbocycles. The molecule has 3 N–H and O–H groups in total. The number of alkyl halides is 1. The number of aromatic hydroxyl groups is 1. The number of benzene rings is 1. The molecule has 0 radical (unpaired) electrons. The zero-order valence-corrected chi connectivity index (χ0v) is 10.1. The Kier molecular flexibility index (Phi) is 4.76. The van der Waals surface area contributed by atoms with Crippen LogP contribution in [-0.4, -0.2) is 28.8 Å². The molecule has 0 spiro atoms. The van der Waals surface area contributed by atoms with Gasteiger partial charge in [0.2, 0.25) is 6.17 Å². The summed E-state index contributed by atoms with van der Waals surface area (Å²) in [6.45, 7) is 1.48. The first-order valence-corrected chi connectivity index (χ1v) is 5.42. The van der Waals surface area contributed by atoms with Gasteiger partial charge in [0.25, 0.3) is 5.69 Å². The third-order valence-corrected chi connectivity index (χ3v) is 2.41. The largest absolute Gasteiger partial charge is 0.508 e. The highest BCUT2D eigenvalue weighted by atomic mass is 19.1. The van der Waals surface area contributed by atoms with E-state index in [1.165, 1.54) is 6.92 Å². The van der Waals surface area contributed by atoms with E-state index in [9.17, 15) is 24.4 Å². The zero-order chi connectivity index (χ0) is 14.6. The topological polar surface area (TPSA) is 116 Å². The van der Waals surface area contributed by atoms with E-state index in [1.54, 1.807) is 0 Å². The summed E-state index contributed by atoms with van der Waals surface area (Å²) in [5, 5.41) is 20.1. The molecule has 0 bridgehead atoms. The van der Waals surface area contributed by atoms with Gasteiger partial charge in [0.05, 0.1) is 17.6 Å². The van der Waals surface area contributed by atoms with Crippen molar-refractivity contribution in [2.24, 2.45) is 5.73 Å². The smallest absolute Gasteiger partial charge is 0.342 e. The van der Waals surface area contributed by atoms with Crippen molar-refractivity contribution in [2.75, 3.05) is 6.61 Å². The molecule has 1 rings (SSSR count). The van der Waals surface area contributed by atoms with E-state index >= 15 is 0 Å². The van der Waals surface area contributed by atoms with Gasteiger partial charge in [0, 0.05) is 17.7 Å². The van der Waals surface area contributed by atoms with Crippen molar-refractivity contribution in [3.63, 3.8) is 0 Å². The Labute approximate surface area is 107 Å². The van der Waals surface area contributed by atoms with E-state index < -0.39 is 28.9 Å². The molecule has 2 atom stereocenters. The number of halogens is 1. The third kappa shape index (κ3) is 3.38. The lowest BCUT2D eigenvalue weighted by Crippen LogP contribution is -2.31. The van der Waals surface area contributed by atoms with Crippen LogP contribution in [0.2, 0.25) is 0 Å². The quantitative estimate of drug-likeness (QED) is 0.472. The van der Waals surface area contributed by atoms with Crippen molar-refractivity contribution >= 4 is 11.7 Å². The summed E-state index contributed by atoms with van der Waals surface area (Å²) in [5.41, 5.74) is 4.89. The average Bonchev–Trinajstić information content (AvgIpc) is 2.37. The van der Waals surface area contributed by atoms with E-state index in [1.807, 2.05) is 0 Å². The summed E-state index contributed by atoms with van der Waals surface area (Å²) >= 11 is 0. The second-order valence-corrected chi connectivity index (χ2v) is 3.68. The molecule has 0 aliphatic heterocycles. The molecule has 0 heterocycles. The van der Waals surface area contributed by atoms with E-state index in [-0.39, 0.29) is 17.9 Å². The van der Waals surface area contributed by atoms with E-state index in [0.29, 0.717) is 0 Å². The number of phenolic OH excluding ortho intramolecular Hbond substituents is 1. The van der Waals surface area contributed by atoms with Gasteiger partial charge in [-0.1, -0.05) is 0 Å². The van der Waals surface area contributed by atoms with Crippen molar-refractivity contribution < 1.29 is 24.0 Å². The van der Waals surface area contributed by atoms with Crippen molar-refractivity contribution in [3.05, 3.63) is 33.9 Å². The highest BCUT2D eigenvalue weighted by Gasteiger charge is 2.30. The lowest BCUT2D eigenvalue weighted by atomic mass is 10.0. The maximum atomic E-state index is 13.7. The molecule has 0 aliphatic rings. The lowest BCUT2D eigenvalue weighted by Gasteiger charge is -2.16. The molecular weight excluding hydrogens is 259 g/mol. The van der Waals surface area contributed by atoms with Gasteiger partial charge in [-0.15, -0.1) is 0 Å². The molecule has 0 saturated carbocycles. The molecular formula is C11H13FN2O5. The number of nitrogens with zero attached hydrogens (tertiary/aromatic N) is 1. The van der Waals surface area contributed by atoms with E-state index in [0.717, 1.165) is 18.2 Å². The van der Waals surface area contributed by atoms with Crippen molar-refractivity contribution in [2.45, 2.75) is 19.1 Å². The van der Waals surface area contributed by atoms with E-state index in [4.69, 9.17) is 5.73 Å². The fraction of sp³-hybridized carbons (Fsp3) is 0.364. The van der Waals surface area contributed by atoms with E-state index in [2.05, 4.69) is 4.74 Å². The number of hydrogen-bond donors (Lipinski definition) is 2. The maximum Gasteiger partial charge on any atom is 0.342 e. The number of hydrogen-bond acceptors (Lipinski definition) is 6. The predicted octanol–water partition coefficient (Wildman–Crippen LogP) is 1.20. The minimum Gasteiger partial charge on any atom is -0.508 e. The highest BCUT2D eigenvalue weighted by Crippen LogP contribution is 2.30. The Morgan fingerprint density at radius 1 is 1.63 bits per heavy atom. The van der Waals surface area contributed by atoms with Gasteiger partial charge in [-0.05, 0) is 13.0 Å². The first kappa shape index (κ1) is 14.8. The highest BCUT2D eigenvalue weighted by molar-refractivity contribution is 5.76. The van der Waals surface area contributed by atoms with Crippen molar-refractivity contribution in [1.82, 2.24) is 0 Å². The van der Waals surface area contributed by atoms with Crippen LogP contribution in [0.15, 0.2) is 18.2 Å². The van der Waals surface area contributed by atoms with Gasteiger partial charge in [-0.2, -0.15) is 0 Å². The van der Waals surface area contributed by atoms with Crippen molar-refractivity contribution in [3.8, 4) is 5.75 Å². The minimum atomic E-state index is -2.21. The lowest BCUT2D eigenvalue weighted by molar-refractivity contribution is -0.385. The van der Waals surface area contributed by atoms with Crippen LogP contribution in [0, 0.1) is 10.1 Å². The summed E-state index contributed by atoms with van der Waals surface area (Å²) in [6, 6.07) is 1.44. The molecule has 0 aromatic heterocycles. The number of nitro benzene ring substituents is 1. The van der Waals surface area contributed by atoms with Crippen LogP contribution in [0.25, 0.3) is 0 Å². The molecule has 1 aromatic rings. The summed E-state index contributed by atoms with van der Waals surface area (Å²) in [5.74, 6) is -1.61. The summed E-state index contributed by atoms with van der Waals surface area (Å²) < 4.78 is 18.1. The van der Waals surface area contributed by atoms with Crippen molar-refractivity contribution in [1.29, 1.82) is 0 Å². The average molecular weight is 272 g/mol. The zero-order valence-electron chi connectivity index (χ0n) is 10.1. The first-order chi connectivity index (χ1) is 8.88. The van der Waals surface area contributed by atoms with Gasteiger partial charge < -0.3 is 15.6 Å². The molecule has 104 valence electrons. The second kappa shape index (κ2) is 6.10. The number of phenols is 1. The molecule has 0 aliphatic carbocycles. The molecule has 0 amide bonds. The number of nitrogens with two attached hydrogens (primary N) is 1. The number of rotatable bonds is 5. The van der Waals surface area contributed by atoms with Crippen LogP contribution in [0.3, 0.4) is 0 Å². The first-order valence-electron chi connectivity index (χ1n) is 5.42. The molecule has 8 heteroatoms. The summed E-state index contributed by atoms with van der Waals surface area (Å²) in [6.07, 6.45) is -2.21. The van der Waals surface area contributed by atoms with Gasteiger partial charge in [-0.25, -0.2) is 9.18 Å². The van der Waals surface area contributed by atoms with Gasteiger partial charge >= 0.3 is 5.97 Å². The monoisotopic (exact) mass is 272 g/mol. The van der Waals surface area contributed by atoms with Gasteiger partial charge in [-0.3, -0.25) is 10.1 Å². The number of non-ortho nitro benzene ring substituents is 1. The maximum absolute atomic E-state index is 13.7. The minimum absolute atomic E-state index is 0.0209. The van der Waals surface area contributed by atoms with Crippen LogP contribution in [-0.2, 0) is 9.53 Å². The standard InChI is InChI=1S/C11H13FN2O5/c1-2-19-11(16)9(12)10(13)7-5-6(14(17)18)3-4-8(7)15/h3-5,9-10,15H,2,13H2,1H3/t9?,10-/m0/s1. The van der Waals surface area contributed by atoms with Crippen LogP contribution in [0.1, 0.15) is 18.5 Å². The molecule has 0 saturated heterocycles. The molecule has 19 heavy (non-hydrogen) atoms. The summed E-state index contributed by atoms with van der Waals surface area (Å²) in [7, 11) is 0. The molecule has 7 nitrogen and oxygen atoms in total. The Hall–Kier alpha value is -2.22. The van der Waals surface area contributed by atoms with Crippen LogP contribution >= 0.6 is 0 Å². The fourth-order valence-corrected chi connectivity index (χ4v) is 1.45. The number of ether oxygens (including phenoxy) is 1. The normalized spacial score (nSPS) is 13.6. The third-order valence-electron chi connectivity index (χ3n) is 2.41. The second-order valence-electron chi connectivity index (χ2n) is 3.68. The van der Waals surface area contributed by atoms with Crippen LogP contribution in [0.4, 0.5) is 10.1 Å². The number of nitro groups is 1. The Bertz CT molecular complexity index is 494. The fourth-order valence-electron chi connectivity index (χ4n) is 1.45.